The highest BCUT2D eigenvalue weighted by molar-refractivity contribution is 5.00. The summed E-state index contributed by atoms with van der Waals surface area (Å²) < 4.78 is 2.01. The van der Waals surface area contributed by atoms with Crippen molar-refractivity contribution in [2.75, 3.05) is 0 Å². The van der Waals surface area contributed by atoms with Gasteiger partial charge in [0.1, 0.15) is 0 Å². The Bertz CT molecular complexity index is 260. The molecule has 1 fully saturated rings. The Labute approximate surface area is 66.4 Å². The Morgan fingerprint density at radius 3 is 2.82 bits per heavy atom. The molecule has 1 aliphatic carbocycles. The summed E-state index contributed by atoms with van der Waals surface area (Å²) in [6, 6.07) is 0. The number of rotatable bonds is 2. The lowest BCUT2D eigenvalue weighted by molar-refractivity contribution is 0.458. The third-order valence-electron chi connectivity index (χ3n) is 2.43. The SMILES string of the molecule is CCc1cn(C2(C)CC2)nn1. The van der Waals surface area contributed by atoms with Crippen LogP contribution in [-0.4, -0.2) is 15.0 Å². The molecule has 2 rings (SSSR count). The Morgan fingerprint density at radius 2 is 2.36 bits per heavy atom. The zero-order valence-corrected chi connectivity index (χ0v) is 7.04. The normalized spacial score (nSPS) is 20.2. The van der Waals surface area contributed by atoms with Crippen molar-refractivity contribution in [1.82, 2.24) is 15.0 Å². The lowest BCUT2D eigenvalue weighted by atomic mass is 10.3. The van der Waals surface area contributed by atoms with E-state index in [4.69, 9.17) is 0 Å². The van der Waals surface area contributed by atoms with E-state index in [9.17, 15) is 0 Å². The molecule has 1 heterocycles. The summed E-state index contributed by atoms with van der Waals surface area (Å²) in [5, 5.41) is 8.14. The number of hydrogen-bond donors (Lipinski definition) is 0. The van der Waals surface area contributed by atoms with E-state index in [2.05, 4.69) is 30.4 Å². The van der Waals surface area contributed by atoms with E-state index in [1.54, 1.807) is 0 Å². The van der Waals surface area contributed by atoms with Gasteiger partial charge in [0.15, 0.2) is 0 Å². The molecule has 1 aromatic heterocycles. The maximum Gasteiger partial charge on any atom is 0.0824 e. The summed E-state index contributed by atoms with van der Waals surface area (Å²) in [5.74, 6) is 0. The molecule has 0 bridgehead atoms. The molecule has 0 saturated heterocycles. The Balaban J connectivity index is 2.25. The quantitative estimate of drug-likeness (QED) is 0.638. The lowest BCUT2D eigenvalue weighted by Crippen LogP contribution is -2.12. The minimum atomic E-state index is 0.306. The summed E-state index contributed by atoms with van der Waals surface area (Å²) >= 11 is 0. The van der Waals surface area contributed by atoms with Gasteiger partial charge >= 0.3 is 0 Å². The van der Waals surface area contributed by atoms with Gasteiger partial charge in [-0.1, -0.05) is 12.1 Å². The highest BCUT2D eigenvalue weighted by Gasteiger charge is 2.40. The molecular weight excluding hydrogens is 138 g/mol. The molecular formula is C8H13N3. The number of aryl methyl sites for hydroxylation is 1. The summed E-state index contributed by atoms with van der Waals surface area (Å²) in [7, 11) is 0. The highest BCUT2D eigenvalue weighted by atomic mass is 15.5. The van der Waals surface area contributed by atoms with Crippen LogP contribution in [0.5, 0.6) is 0 Å². The summed E-state index contributed by atoms with van der Waals surface area (Å²) in [6.07, 6.45) is 5.54. The molecule has 0 radical (unpaired) electrons. The predicted octanol–water partition coefficient (Wildman–Crippen LogP) is 1.35. The molecule has 3 nitrogen and oxygen atoms in total. The molecule has 0 spiro atoms. The first-order valence-corrected chi connectivity index (χ1v) is 4.16. The minimum Gasteiger partial charge on any atom is -0.246 e. The van der Waals surface area contributed by atoms with Crippen LogP contribution in [0.25, 0.3) is 0 Å². The van der Waals surface area contributed by atoms with Crippen LogP contribution in [0, 0.1) is 0 Å². The molecule has 60 valence electrons. The van der Waals surface area contributed by atoms with Crippen molar-refractivity contribution in [3.63, 3.8) is 0 Å². The highest BCUT2D eigenvalue weighted by Crippen LogP contribution is 2.41. The summed E-state index contributed by atoms with van der Waals surface area (Å²) in [5.41, 5.74) is 1.40. The lowest BCUT2D eigenvalue weighted by Gasteiger charge is -2.05. The molecule has 1 aromatic rings. The molecule has 0 aliphatic heterocycles. The van der Waals surface area contributed by atoms with E-state index in [0.717, 1.165) is 12.1 Å². The van der Waals surface area contributed by atoms with Gasteiger partial charge in [-0.25, -0.2) is 4.68 Å². The van der Waals surface area contributed by atoms with E-state index in [-0.39, 0.29) is 0 Å². The van der Waals surface area contributed by atoms with Crippen LogP contribution in [0.2, 0.25) is 0 Å². The van der Waals surface area contributed by atoms with Gasteiger partial charge in [-0.15, -0.1) is 5.10 Å². The fourth-order valence-electron chi connectivity index (χ4n) is 1.13. The van der Waals surface area contributed by atoms with Gasteiger partial charge in [-0.2, -0.15) is 0 Å². The number of nitrogens with zero attached hydrogens (tertiary/aromatic N) is 3. The minimum absolute atomic E-state index is 0.306. The van der Waals surface area contributed by atoms with Gasteiger partial charge in [0.05, 0.1) is 11.2 Å². The largest absolute Gasteiger partial charge is 0.246 e. The van der Waals surface area contributed by atoms with Crippen molar-refractivity contribution < 1.29 is 0 Å². The molecule has 1 aliphatic rings. The molecule has 0 atom stereocenters. The second-order valence-corrected chi connectivity index (χ2v) is 3.50. The second-order valence-electron chi connectivity index (χ2n) is 3.50. The summed E-state index contributed by atoms with van der Waals surface area (Å²) in [6.45, 7) is 4.32. The maximum absolute atomic E-state index is 4.09. The second kappa shape index (κ2) is 2.06. The number of hydrogen-bond acceptors (Lipinski definition) is 2. The van der Waals surface area contributed by atoms with Gasteiger partial charge in [-0.3, -0.25) is 0 Å². The molecule has 0 unspecified atom stereocenters. The van der Waals surface area contributed by atoms with Crippen molar-refractivity contribution in [1.29, 1.82) is 0 Å². The van der Waals surface area contributed by atoms with Gasteiger partial charge in [-0.05, 0) is 26.2 Å². The monoisotopic (exact) mass is 151 g/mol. The first-order valence-electron chi connectivity index (χ1n) is 4.16. The predicted molar refractivity (Wildman–Crippen MR) is 42.3 cm³/mol. The van der Waals surface area contributed by atoms with Crippen molar-refractivity contribution in [2.45, 2.75) is 38.6 Å². The molecule has 0 N–H and O–H groups in total. The van der Waals surface area contributed by atoms with Crippen LogP contribution in [0.3, 0.4) is 0 Å². The van der Waals surface area contributed by atoms with Gasteiger partial charge in [0.2, 0.25) is 0 Å². The summed E-state index contributed by atoms with van der Waals surface area (Å²) in [4.78, 5) is 0. The Hall–Kier alpha value is -0.860. The van der Waals surface area contributed by atoms with E-state index in [1.807, 2.05) is 4.68 Å². The maximum atomic E-state index is 4.09. The van der Waals surface area contributed by atoms with Gasteiger partial charge in [0.25, 0.3) is 0 Å². The third-order valence-corrected chi connectivity index (χ3v) is 2.43. The first kappa shape index (κ1) is 6.83. The smallest absolute Gasteiger partial charge is 0.0824 e. The van der Waals surface area contributed by atoms with Crippen LogP contribution in [0.4, 0.5) is 0 Å². The van der Waals surface area contributed by atoms with Crippen molar-refractivity contribution in [3.8, 4) is 0 Å². The van der Waals surface area contributed by atoms with Crippen molar-refractivity contribution in [3.05, 3.63) is 11.9 Å². The third kappa shape index (κ3) is 1.04. The topological polar surface area (TPSA) is 30.7 Å². The van der Waals surface area contributed by atoms with Crippen LogP contribution in [0.15, 0.2) is 6.20 Å². The average molecular weight is 151 g/mol. The molecule has 11 heavy (non-hydrogen) atoms. The van der Waals surface area contributed by atoms with Gasteiger partial charge < -0.3 is 0 Å². The molecule has 1 saturated carbocycles. The fourth-order valence-corrected chi connectivity index (χ4v) is 1.13. The van der Waals surface area contributed by atoms with Crippen LogP contribution in [0.1, 0.15) is 32.4 Å². The zero-order chi connectivity index (χ0) is 7.90. The molecule has 3 heteroatoms. The van der Waals surface area contributed by atoms with E-state index in [0.29, 0.717) is 5.54 Å². The Morgan fingerprint density at radius 1 is 1.64 bits per heavy atom. The molecule has 0 amide bonds. The van der Waals surface area contributed by atoms with Crippen molar-refractivity contribution >= 4 is 0 Å². The van der Waals surface area contributed by atoms with E-state index < -0.39 is 0 Å². The first-order chi connectivity index (χ1) is 5.24. The van der Waals surface area contributed by atoms with Crippen LogP contribution >= 0.6 is 0 Å². The van der Waals surface area contributed by atoms with Crippen molar-refractivity contribution in [2.24, 2.45) is 0 Å². The van der Waals surface area contributed by atoms with E-state index in [1.165, 1.54) is 12.8 Å². The van der Waals surface area contributed by atoms with Gasteiger partial charge in [0, 0.05) is 6.20 Å². The van der Waals surface area contributed by atoms with E-state index >= 15 is 0 Å². The fraction of sp³-hybridized carbons (Fsp3) is 0.750. The zero-order valence-electron chi connectivity index (χ0n) is 7.04. The standard InChI is InChI=1S/C8H13N3/c1-3-7-6-11(10-9-7)8(2)4-5-8/h6H,3-5H2,1-2H3. The average Bonchev–Trinajstić information content (AvgIpc) is 2.61. The number of aromatic nitrogens is 3. The Kier molecular flexibility index (Phi) is 1.28. The van der Waals surface area contributed by atoms with Crippen LogP contribution < -0.4 is 0 Å². The molecule has 0 aromatic carbocycles. The van der Waals surface area contributed by atoms with Crippen LogP contribution in [-0.2, 0) is 12.0 Å².